The summed E-state index contributed by atoms with van der Waals surface area (Å²) in [5, 5.41) is 7.72. The lowest BCUT2D eigenvalue weighted by atomic mass is 10.2. The highest BCUT2D eigenvalue weighted by molar-refractivity contribution is 14.0. The average molecular weight is 493 g/mol. The Morgan fingerprint density at radius 1 is 1.23 bits per heavy atom. The standard InChI is InChI=1S/C19H31N3O2S.HI/c1-4-20-19(22-16-7-10-18(13-16)25-3)21-14-15-5-8-17(9-6-15)24-12-11-23-2;/h5-6,8-9,16,18H,4,7,10-14H2,1-3H3,(H2,20,21,22);1H. The maximum atomic E-state index is 5.59. The summed E-state index contributed by atoms with van der Waals surface area (Å²) in [4.78, 5) is 4.73. The topological polar surface area (TPSA) is 54.9 Å². The third-order valence-electron chi connectivity index (χ3n) is 4.30. The van der Waals surface area contributed by atoms with Crippen molar-refractivity contribution in [1.82, 2.24) is 10.6 Å². The Kier molecular flexibility index (Phi) is 12.1. The normalized spacial score (nSPS) is 19.7. The summed E-state index contributed by atoms with van der Waals surface area (Å²) >= 11 is 1.98. The average Bonchev–Trinajstić information content (AvgIpc) is 3.09. The van der Waals surface area contributed by atoms with Crippen LogP contribution in [0.3, 0.4) is 0 Å². The van der Waals surface area contributed by atoms with Crippen LogP contribution in [0.25, 0.3) is 0 Å². The van der Waals surface area contributed by atoms with Crippen LogP contribution in [0.4, 0.5) is 0 Å². The van der Waals surface area contributed by atoms with Crippen LogP contribution in [0.1, 0.15) is 31.7 Å². The van der Waals surface area contributed by atoms with Gasteiger partial charge in [-0.05, 0) is 50.1 Å². The molecule has 2 atom stereocenters. The number of nitrogens with one attached hydrogen (secondary N) is 2. The Balaban J connectivity index is 0.00000338. The fourth-order valence-electron chi connectivity index (χ4n) is 2.90. The van der Waals surface area contributed by atoms with Gasteiger partial charge in [0, 0.05) is 24.9 Å². The zero-order valence-electron chi connectivity index (χ0n) is 16.0. The van der Waals surface area contributed by atoms with Gasteiger partial charge in [0.05, 0.1) is 13.2 Å². The van der Waals surface area contributed by atoms with E-state index in [1.807, 2.05) is 23.9 Å². The monoisotopic (exact) mass is 493 g/mol. The molecule has 1 aromatic carbocycles. The van der Waals surface area contributed by atoms with Gasteiger partial charge in [-0.3, -0.25) is 0 Å². The Morgan fingerprint density at radius 3 is 2.62 bits per heavy atom. The summed E-state index contributed by atoms with van der Waals surface area (Å²) < 4.78 is 10.6. The molecule has 1 fully saturated rings. The van der Waals surface area contributed by atoms with Gasteiger partial charge in [0.1, 0.15) is 12.4 Å². The highest BCUT2D eigenvalue weighted by atomic mass is 127. The van der Waals surface area contributed by atoms with Gasteiger partial charge in [-0.25, -0.2) is 4.99 Å². The van der Waals surface area contributed by atoms with Crippen LogP contribution < -0.4 is 15.4 Å². The van der Waals surface area contributed by atoms with Crippen molar-refractivity contribution in [3.05, 3.63) is 29.8 Å². The summed E-state index contributed by atoms with van der Waals surface area (Å²) in [5.41, 5.74) is 1.17. The number of ether oxygens (including phenoxy) is 2. The zero-order valence-corrected chi connectivity index (χ0v) is 19.1. The number of hydrogen-bond donors (Lipinski definition) is 2. The predicted octanol–water partition coefficient (Wildman–Crippen LogP) is 3.67. The van der Waals surface area contributed by atoms with Crippen LogP contribution >= 0.6 is 35.7 Å². The van der Waals surface area contributed by atoms with Crippen LogP contribution in [0.2, 0.25) is 0 Å². The van der Waals surface area contributed by atoms with Gasteiger partial charge in [-0.1, -0.05) is 12.1 Å². The molecule has 0 amide bonds. The van der Waals surface area contributed by atoms with Crippen LogP contribution in [-0.4, -0.2) is 50.4 Å². The number of rotatable bonds is 9. The molecule has 2 rings (SSSR count). The highest BCUT2D eigenvalue weighted by Crippen LogP contribution is 2.28. The van der Waals surface area contributed by atoms with E-state index in [4.69, 9.17) is 14.5 Å². The van der Waals surface area contributed by atoms with E-state index in [-0.39, 0.29) is 24.0 Å². The minimum absolute atomic E-state index is 0. The van der Waals surface area contributed by atoms with Gasteiger partial charge in [0.2, 0.25) is 0 Å². The molecule has 5 nitrogen and oxygen atoms in total. The number of thioether (sulfide) groups is 1. The van der Waals surface area contributed by atoms with Crippen molar-refractivity contribution in [2.45, 2.75) is 44.0 Å². The molecule has 1 aromatic rings. The lowest BCUT2D eigenvalue weighted by molar-refractivity contribution is 0.146. The fraction of sp³-hybridized carbons (Fsp3) is 0.632. The van der Waals surface area contributed by atoms with E-state index in [1.54, 1.807) is 7.11 Å². The van der Waals surface area contributed by atoms with E-state index in [9.17, 15) is 0 Å². The highest BCUT2D eigenvalue weighted by Gasteiger charge is 2.24. The summed E-state index contributed by atoms with van der Waals surface area (Å²) in [7, 11) is 1.67. The first-order valence-corrected chi connectivity index (χ1v) is 10.3. The van der Waals surface area contributed by atoms with Crippen molar-refractivity contribution >= 4 is 41.7 Å². The minimum atomic E-state index is 0. The molecule has 0 saturated heterocycles. The van der Waals surface area contributed by atoms with E-state index >= 15 is 0 Å². The van der Waals surface area contributed by atoms with Gasteiger partial charge in [0.15, 0.2) is 5.96 Å². The second-order valence-corrected chi connectivity index (χ2v) is 7.33. The van der Waals surface area contributed by atoms with Crippen molar-refractivity contribution in [1.29, 1.82) is 0 Å². The summed E-state index contributed by atoms with van der Waals surface area (Å²) in [5.74, 6) is 1.78. The third-order valence-corrected chi connectivity index (χ3v) is 5.40. The number of guanidine groups is 1. The Hall–Kier alpha value is -0.670. The summed E-state index contributed by atoms with van der Waals surface area (Å²) in [6.45, 7) is 4.80. The molecule has 0 heterocycles. The molecule has 0 radical (unpaired) electrons. The summed E-state index contributed by atoms with van der Waals surface area (Å²) in [6.07, 6.45) is 5.94. The number of hydrogen-bond acceptors (Lipinski definition) is 4. The van der Waals surface area contributed by atoms with E-state index in [0.29, 0.717) is 25.8 Å². The predicted molar refractivity (Wildman–Crippen MR) is 122 cm³/mol. The van der Waals surface area contributed by atoms with Gasteiger partial charge in [-0.15, -0.1) is 24.0 Å². The first-order chi connectivity index (χ1) is 12.2. The van der Waals surface area contributed by atoms with Gasteiger partial charge in [-0.2, -0.15) is 11.8 Å². The number of benzene rings is 1. The molecule has 1 aliphatic rings. The molecule has 148 valence electrons. The van der Waals surface area contributed by atoms with E-state index < -0.39 is 0 Å². The number of aliphatic imine (C=N–C) groups is 1. The second kappa shape index (κ2) is 13.5. The van der Waals surface area contributed by atoms with Crippen molar-refractivity contribution in [3.8, 4) is 5.75 Å². The van der Waals surface area contributed by atoms with Crippen molar-refractivity contribution in [2.24, 2.45) is 4.99 Å². The molecule has 26 heavy (non-hydrogen) atoms. The maximum absolute atomic E-state index is 5.59. The SMILES string of the molecule is CCNC(=NCc1ccc(OCCOC)cc1)NC1CCC(SC)C1.I. The molecule has 1 saturated carbocycles. The number of methoxy groups -OCH3 is 1. The number of nitrogens with zero attached hydrogens (tertiary/aromatic N) is 1. The lowest BCUT2D eigenvalue weighted by Gasteiger charge is -2.17. The van der Waals surface area contributed by atoms with Crippen molar-refractivity contribution < 1.29 is 9.47 Å². The van der Waals surface area contributed by atoms with Gasteiger partial charge < -0.3 is 20.1 Å². The Labute approximate surface area is 179 Å². The second-order valence-electron chi connectivity index (χ2n) is 6.19. The quantitative estimate of drug-likeness (QED) is 0.238. The first kappa shape index (κ1) is 23.4. The van der Waals surface area contributed by atoms with E-state index in [0.717, 1.165) is 23.5 Å². The third kappa shape index (κ3) is 8.35. The first-order valence-electron chi connectivity index (χ1n) is 9.03. The molecule has 7 heteroatoms. The zero-order chi connectivity index (χ0) is 17.9. The lowest BCUT2D eigenvalue weighted by Crippen LogP contribution is -2.42. The van der Waals surface area contributed by atoms with Crippen LogP contribution in [-0.2, 0) is 11.3 Å². The van der Waals surface area contributed by atoms with Gasteiger partial charge in [0.25, 0.3) is 0 Å². The molecule has 0 aliphatic heterocycles. The van der Waals surface area contributed by atoms with Crippen LogP contribution in [0.5, 0.6) is 5.75 Å². The largest absolute Gasteiger partial charge is 0.491 e. The van der Waals surface area contributed by atoms with Crippen LogP contribution in [0.15, 0.2) is 29.3 Å². The van der Waals surface area contributed by atoms with E-state index in [1.165, 1.54) is 24.8 Å². The summed E-state index contributed by atoms with van der Waals surface area (Å²) in [6, 6.07) is 8.64. The molecule has 2 unspecified atom stereocenters. The molecule has 0 spiro atoms. The smallest absolute Gasteiger partial charge is 0.191 e. The molecule has 1 aliphatic carbocycles. The van der Waals surface area contributed by atoms with Crippen molar-refractivity contribution in [3.63, 3.8) is 0 Å². The molecular formula is C19H32IN3O2S. The molecule has 0 aromatic heterocycles. The van der Waals surface area contributed by atoms with Crippen LogP contribution in [0, 0.1) is 0 Å². The number of halogens is 1. The van der Waals surface area contributed by atoms with Crippen molar-refractivity contribution in [2.75, 3.05) is 33.1 Å². The Morgan fingerprint density at radius 2 is 2.00 bits per heavy atom. The molecule has 2 N–H and O–H groups in total. The minimum Gasteiger partial charge on any atom is -0.491 e. The maximum Gasteiger partial charge on any atom is 0.191 e. The molecule has 0 bridgehead atoms. The fourth-order valence-corrected chi connectivity index (χ4v) is 3.70. The Bertz CT molecular complexity index is 528. The van der Waals surface area contributed by atoms with E-state index in [2.05, 4.69) is 35.9 Å². The molecular weight excluding hydrogens is 461 g/mol. The van der Waals surface area contributed by atoms with Gasteiger partial charge >= 0.3 is 0 Å².